The maximum atomic E-state index is 5.96. The number of rotatable bonds is 5. The summed E-state index contributed by atoms with van der Waals surface area (Å²) in [6.07, 6.45) is 3.44. The number of aromatic nitrogens is 2. The van der Waals surface area contributed by atoms with Crippen LogP contribution in [0.3, 0.4) is 0 Å². The molecule has 0 N–H and O–H groups in total. The number of nitrogens with zero attached hydrogens (tertiary/aromatic N) is 5. The number of benzene rings is 1. The van der Waals surface area contributed by atoms with Crippen LogP contribution in [-0.4, -0.2) is 80.2 Å². The zero-order valence-corrected chi connectivity index (χ0v) is 17.8. The molecule has 3 aromatic rings. The molecule has 7 heteroatoms. The number of anilines is 1. The van der Waals surface area contributed by atoms with E-state index in [1.165, 1.54) is 0 Å². The Bertz CT molecular complexity index is 1040. The molecule has 0 bridgehead atoms. The molecule has 1 aliphatic heterocycles. The van der Waals surface area contributed by atoms with Gasteiger partial charge >= 0.3 is 0 Å². The van der Waals surface area contributed by atoms with Crippen LogP contribution < -0.4 is 9.64 Å². The number of pyridine rings is 1. The number of likely N-dealkylation sites (N-methyl/N-ethyl adjacent to an activating group) is 1. The number of fused-ring (bicyclic) bond motifs is 1. The first-order valence-electron chi connectivity index (χ1n) is 10.2. The van der Waals surface area contributed by atoms with Crippen molar-refractivity contribution in [1.29, 1.82) is 0 Å². The van der Waals surface area contributed by atoms with E-state index in [0.29, 0.717) is 17.2 Å². The van der Waals surface area contributed by atoms with Gasteiger partial charge in [0.05, 0.1) is 12.8 Å². The number of hydrogen-bond donors (Lipinski definition) is 0. The number of methoxy groups -OCH3 is 1. The molecule has 1 fully saturated rings. The highest BCUT2D eigenvalue weighted by Crippen LogP contribution is 2.34. The third kappa shape index (κ3) is 4.56. The lowest BCUT2D eigenvalue weighted by Crippen LogP contribution is -2.48. The molecule has 2 aromatic heterocycles. The third-order valence-electron chi connectivity index (χ3n) is 5.26. The Hall–Kier alpha value is -3.08. The largest absolute Gasteiger partial charge is 0.493 e. The van der Waals surface area contributed by atoms with Gasteiger partial charge in [-0.05, 0) is 44.3 Å². The zero-order chi connectivity index (χ0) is 20.9. The molecule has 1 saturated heterocycles. The predicted octanol–water partition coefficient (Wildman–Crippen LogP) is 2.31. The van der Waals surface area contributed by atoms with E-state index in [0.717, 1.165) is 56.0 Å². The minimum absolute atomic E-state index is 0.379. The van der Waals surface area contributed by atoms with E-state index in [-0.39, 0.29) is 0 Å². The van der Waals surface area contributed by atoms with Crippen LogP contribution >= 0.6 is 0 Å². The summed E-state index contributed by atoms with van der Waals surface area (Å²) in [5.41, 5.74) is 3.32. The first-order chi connectivity index (χ1) is 14.6. The van der Waals surface area contributed by atoms with Gasteiger partial charge < -0.3 is 19.0 Å². The lowest BCUT2D eigenvalue weighted by Gasteiger charge is -2.36. The fourth-order valence-corrected chi connectivity index (χ4v) is 3.56. The first kappa shape index (κ1) is 20.2. The van der Waals surface area contributed by atoms with E-state index in [2.05, 4.69) is 56.7 Å². The van der Waals surface area contributed by atoms with E-state index >= 15 is 0 Å². The lowest BCUT2D eigenvalue weighted by atomic mass is 10.2. The highest BCUT2D eigenvalue weighted by molar-refractivity contribution is 5.92. The van der Waals surface area contributed by atoms with Crippen LogP contribution in [0.2, 0.25) is 0 Å². The van der Waals surface area contributed by atoms with Crippen molar-refractivity contribution in [1.82, 2.24) is 19.8 Å². The second kappa shape index (κ2) is 9.16. The molecule has 7 nitrogen and oxygen atoms in total. The van der Waals surface area contributed by atoms with E-state index in [9.17, 15) is 0 Å². The van der Waals surface area contributed by atoms with Gasteiger partial charge in [-0.25, -0.2) is 0 Å². The van der Waals surface area contributed by atoms with Gasteiger partial charge in [0, 0.05) is 57.2 Å². The topological polar surface area (TPSA) is 57.9 Å². The van der Waals surface area contributed by atoms with Gasteiger partial charge in [0.1, 0.15) is 5.52 Å². The van der Waals surface area contributed by atoms with Gasteiger partial charge in [0.2, 0.25) is 0 Å². The zero-order valence-electron chi connectivity index (χ0n) is 17.8. The highest BCUT2D eigenvalue weighted by atomic mass is 16.5. The normalized spacial score (nSPS) is 14.7. The smallest absolute Gasteiger partial charge is 0.274 e. The molecule has 0 atom stereocenters. The predicted molar refractivity (Wildman–Crippen MR) is 118 cm³/mol. The van der Waals surface area contributed by atoms with E-state index in [1.54, 1.807) is 19.5 Å². The molecule has 0 unspecified atom stereocenters. The van der Waals surface area contributed by atoms with Crippen LogP contribution in [0.25, 0.3) is 11.1 Å². The van der Waals surface area contributed by atoms with Crippen LogP contribution in [0, 0.1) is 11.8 Å². The summed E-state index contributed by atoms with van der Waals surface area (Å²) in [7, 11) is 5.87. The number of oxazole rings is 1. The van der Waals surface area contributed by atoms with E-state index < -0.39 is 0 Å². The fraction of sp³-hybridized carbons (Fsp3) is 0.391. The standard InChI is InChI=1S/C23H27N5O2/c1-26(2)11-12-27-13-15-28(16-14-27)19-7-8-20(29-3)23-22(19)25-21(30-23)9-6-18-5-4-10-24-17-18/h4-5,7-8,10,17H,11-16H2,1-3H3. The average molecular weight is 406 g/mol. The first-order valence-corrected chi connectivity index (χ1v) is 10.2. The second-order valence-electron chi connectivity index (χ2n) is 7.61. The van der Waals surface area contributed by atoms with Crippen molar-refractivity contribution in [2.45, 2.75) is 0 Å². The Morgan fingerprint density at radius 1 is 1.13 bits per heavy atom. The van der Waals surface area contributed by atoms with Crippen molar-refractivity contribution >= 4 is 16.8 Å². The molecule has 1 aromatic carbocycles. The van der Waals surface area contributed by atoms with Crippen LogP contribution in [-0.2, 0) is 0 Å². The number of ether oxygens (including phenoxy) is 1. The number of hydrogen-bond acceptors (Lipinski definition) is 7. The fourth-order valence-electron chi connectivity index (χ4n) is 3.56. The van der Waals surface area contributed by atoms with E-state index in [4.69, 9.17) is 9.15 Å². The molecule has 4 rings (SSSR count). The van der Waals surface area contributed by atoms with Crippen molar-refractivity contribution in [3.8, 4) is 17.6 Å². The van der Waals surface area contributed by atoms with Crippen molar-refractivity contribution in [2.75, 3.05) is 65.4 Å². The molecule has 0 saturated carbocycles. The molecule has 156 valence electrons. The lowest BCUT2D eigenvalue weighted by molar-refractivity contribution is 0.229. The van der Waals surface area contributed by atoms with E-state index in [1.807, 2.05) is 18.2 Å². The summed E-state index contributed by atoms with van der Waals surface area (Å²) >= 11 is 0. The molecular formula is C23H27N5O2. The summed E-state index contributed by atoms with van der Waals surface area (Å²) < 4.78 is 11.5. The van der Waals surface area contributed by atoms with Gasteiger partial charge in [-0.2, -0.15) is 4.98 Å². The summed E-state index contributed by atoms with van der Waals surface area (Å²) in [4.78, 5) is 15.9. The molecular weight excluding hydrogens is 378 g/mol. The van der Waals surface area contributed by atoms with Gasteiger partial charge in [-0.15, -0.1) is 0 Å². The van der Waals surface area contributed by atoms with Crippen molar-refractivity contribution in [2.24, 2.45) is 0 Å². The minimum atomic E-state index is 0.379. The maximum absolute atomic E-state index is 5.96. The van der Waals surface area contributed by atoms with Crippen LogP contribution in [0.4, 0.5) is 5.69 Å². The summed E-state index contributed by atoms with van der Waals surface area (Å²) in [5.74, 6) is 7.11. The molecule has 0 spiro atoms. The maximum Gasteiger partial charge on any atom is 0.274 e. The SMILES string of the molecule is COc1ccc(N2CCN(CCN(C)C)CC2)c2nc(C#Cc3cccnc3)oc12. The molecule has 0 amide bonds. The summed E-state index contributed by atoms with van der Waals surface area (Å²) in [6.45, 7) is 6.16. The van der Waals surface area contributed by atoms with Crippen molar-refractivity contribution < 1.29 is 9.15 Å². The Morgan fingerprint density at radius 3 is 2.67 bits per heavy atom. The Kier molecular flexibility index (Phi) is 6.17. The second-order valence-corrected chi connectivity index (χ2v) is 7.61. The average Bonchev–Trinajstić information content (AvgIpc) is 3.21. The number of piperazine rings is 1. The molecule has 1 aliphatic rings. The Balaban J connectivity index is 1.57. The van der Waals surface area contributed by atoms with Crippen LogP contribution in [0.15, 0.2) is 41.1 Å². The summed E-state index contributed by atoms with van der Waals surface area (Å²) in [5, 5.41) is 0. The Morgan fingerprint density at radius 2 is 1.97 bits per heavy atom. The molecule has 0 radical (unpaired) electrons. The van der Waals surface area contributed by atoms with Gasteiger partial charge in [0.15, 0.2) is 11.3 Å². The Labute approximate surface area is 177 Å². The molecule has 3 heterocycles. The molecule has 30 heavy (non-hydrogen) atoms. The monoisotopic (exact) mass is 405 g/mol. The van der Waals surface area contributed by atoms with Crippen molar-refractivity contribution in [3.63, 3.8) is 0 Å². The summed E-state index contributed by atoms with van der Waals surface area (Å²) in [6, 6.07) is 7.77. The van der Waals surface area contributed by atoms with Gasteiger partial charge in [-0.3, -0.25) is 9.88 Å². The highest BCUT2D eigenvalue weighted by Gasteiger charge is 2.22. The van der Waals surface area contributed by atoms with Crippen LogP contribution in [0.5, 0.6) is 5.75 Å². The third-order valence-corrected chi connectivity index (χ3v) is 5.26. The minimum Gasteiger partial charge on any atom is -0.493 e. The van der Waals surface area contributed by atoms with Gasteiger partial charge in [0.25, 0.3) is 5.89 Å². The van der Waals surface area contributed by atoms with Crippen LogP contribution in [0.1, 0.15) is 11.5 Å². The van der Waals surface area contributed by atoms with Gasteiger partial charge in [-0.1, -0.05) is 5.92 Å². The van der Waals surface area contributed by atoms with Crippen molar-refractivity contribution in [3.05, 3.63) is 48.1 Å². The quantitative estimate of drug-likeness (QED) is 0.604. The molecule has 0 aliphatic carbocycles.